The van der Waals surface area contributed by atoms with Gasteiger partial charge >= 0.3 is 11.9 Å². The second kappa shape index (κ2) is 12.9. The normalized spacial score (nSPS) is 8.93. The van der Waals surface area contributed by atoms with Crippen molar-refractivity contribution >= 4 is 11.9 Å². The van der Waals surface area contributed by atoms with Crippen LogP contribution in [0.5, 0.6) is 0 Å². The number of rotatable bonds is 6. The third-order valence-corrected chi connectivity index (χ3v) is 1.50. The number of unbranched alkanes of at least 4 members (excludes halogenated alkanes) is 4. The summed E-state index contributed by atoms with van der Waals surface area (Å²) in [6.45, 7) is 0.609. The van der Waals surface area contributed by atoms with Crippen molar-refractivity contribution < 1.29 is 30.0 Å². The minimum atomic E-state index is -1.82. The molecule has 0 aromatic heterocycles. The van der Waals surface area contributed by atoms with Gasteiger partial charge in [0.25, 0.3) is 0 Å². The number of hydrogen-bond acceptors (Lipinski definition) is 4. The molecule has 90 valence electrons. The largest absolute Gasteiger partial charge is 0.473 e. The monoisotopic (exact) mass is 222 g/mol. The van der Waals surface area contributed by atoms with Crippen molar-refractivity contribution in [1.29, 1.82) is 0 Å². The van der Waals surface area contributed by atoms with Crippen LogP contribution in [0, 0.1) is 0 Å². The minimum absolute atomic E-state index is 0.305. The van der Waals surface area contributed by atoms with Crippen LogP contribution in [0.4, 0.5) is 0 Å². The van der Waals surface area contributed by atoms with Gasteiger partial charge in [-0.25, -0.2) is 9.59 Å². The van der Waals surface area contributed by atoms with Crippen molar-refractivity contribution in [2.45, 2.75) is 32.1 Å². The van der Waals surface area contributed by atoms with Crippen molar-refractivity contribution in [3.05, 3.63) is 0 Å². The van der Waals surface area contributed by atoms with Crippen LogP contribution in [-0.4, -0.2) is 45.6 Å². The van der Waals surface area contributed by atoms with E-state index in [1.165, 1.54) is 0 Å². The predicted octanol–water partition coefficient (Wildman–Crippen LogP) is 0.0771. The average Bonchev–Trinajstić information content (AvgIpc) is 2.18. The van der Waals surface area contributed by atoms with E-state index in [-0.39, 0.29) is 0 Å². The summed E-state index contributed by atoms with van der Waals surface area (Å²) < 4.78 is 0. The van der Waals surface area contributed by atoms with Gasteiger partial charge in [-0.05, 0) is 12.8 Å². The lowest BCUT2D eigenvalue weighted by Crippen LogP contribution is -2.09. The van der Waals surface area contributed by atoms with E-state index in [2.05, 4.69) is 0 Å². The summed E-state index contributed by atoms with van der Waals surface area (Å²) in [4.78, 5) is 18.2. The topological polar surface area (TPSA) is 115 Å². The van der Waals surface area contributed by atoms with E-state index in [1.54, 1.807) is 0 Å². The van der Waals surface area contributed by atoms with Crippen LogP contribution in [0.25, 0.3) is 0 Å². The molecule has 0 saturated heterocycles. The second-order valence-electron chi connectivity index (χ2n) is 2.83. The van der Waals surface area contributed by atoms with E-state index >= 15 is 0 Å². The van der Waals surface area contributed by atoms with E-state index in [4.69, 9.17) is 30.0 Å². The second-order valence-corrected chi connectivity index (χ2v) is 2.83. The Hall–Kier alpha value is -1.14. The highest BCUT2D eigenvalue weighted by atomic mass is 16.4. The van der Waals surface area contributed by atoms with Crippen molar-refractivity contribution in [3.63, 3.8) is 0 Å². The summed E-state index contributed by atoms with van der Waals surface area (Å²) in [5.74, 6) is -3.65. The van der Waals surface area contributed by atoms with Gasteiger partial charge in [0.15, 0.2) is 0 Å². The Bertz CT molecular complexity index is 150. The molecule has 0 atom stereocenters. The van der Waals surface area contributed by atoms with Gasteiger partial charge in [-0.15, -0.1) is 0 Å². The fraction of sp³-hybridized carbons (Fsp3) is 0.778. The van der Waals surface area contributed by atoms with Gasteiger partial charge in [0.1, 0.15) is 0 Å². The molecule has 0 aliphatic heterocycles. The van der Waals surface area contributed by atoms with Crippen LogP contribution in [0.2, 0.25) is 0 Å². The first-order valence-corrected chi connectivity index (χ1v) is 4.74. The molecule has 15 heavy (non-hydrogen) atoms. The molecule has 0 aliphatic carbocycles. The molecule has 0 saturated carbocycles. The number of carbonyl (C=O) groups is 2. The molecular weight excluding hydrogens is 204 g/mol. The van der Waals surface area contributed by atoms with Gasteiger partial charge in [0, 0.05) is 13.2 Å². The Morgan fingerprint density at radius 2 is 0.933 bits per heavy atom. The van der Waals surface area contributed by atoms with Gasteiger partial charge in [0.05, 0.1) is 0 Å². The van der Waals surface area contributed by atoms with Crippen LogP contribution in [-0.2, 0) is 9.59 Å². The first kappa shape index (κ1) is 16.3. The molecule has 0 fully saturated rings. The number of carboxylic acid groups (broad SMARTS) is 2. The standard InChI is InChI=1S/C7H16O2.C2H2O4/c8-6-4-2-1-3-5-7-9;3-1(4)2(5)6/h8-9H,1-7H2;(H,3,4)(H,5,6). The van der Waals surface area contributed by atoms with Gasteiger partial charge in [-0.2, -0.15) is 0 Å². The zero-order valence-corrected chi connectivity index (χ0v) is 8.56. The van der Waals surface area contributed by atoms with Gasteiger partial charge in [-0.3, -0.25) is 0 Å². The highest BCUT2D eigenvalue weighted by Gasteiger charge is 2.04. The SMILES string of the molecule is O=C(O)C(=O)O.OCCCCCCCO. The molecule has 0 aromatic rings. The summed E-state index contributed by atoms with van der Waals surface area (Å²) in [7, 11) is 0. The summed E-state index contributed by atoms with van der Waals surface area (Å²) >= 11 is 0. The van der Waals surface area contributed by atoms with E-state index in [1.807, 2.05) is 0 Å². The van der Waals surface area contributed by atoms with Crippen molar-refractivity contribution in [2.24, 2.45) is 0 Å². The smallest absolute Gasteiger partial charge is 0.414 e. The maximum Gasteiger partial charge on any atom is 0.414 e. The molecule has 0 heterocycles. The molecule has 6 nitrogen and oxygen atoms in total. The molecular formula is C9H18O6. The Morgan fingerprint density at radius 1 is 0.667 bits per heavy atom. The zero-order chi connectivity index (χ0) is 12.1. The molecule has 0 radical (unpaired) electrons. The highest BCUT2D eigenvalue weighted by molar-refractivity contribution is 6.27. The third-order valence-electron chi connectivity index (χ3n) is 1.50. The van der Waals surface area contributed by atoms with Gasteiger partial charge in [-0.1, -0.05) is 19.3 Å². The molecule has 0 unspecified atom stereocenters. The molecule has 0 bridgehead atoms. The molecule has 0 rings (SSSR count). The fourth-order valence-corrected chi connectivity index (χ4v) is 0.754. The molecule has 6 heteroatoms. The van der Waals surface area contributed by atoms with Crippen LogP contribution in [0.15, 0.2) is 0 Å². The summed E-state index contributed by atoms with van der Waals surface area (Å²) in [6, 6.07) is 0. The third kappa shape index (κ3) is 19.3. The van der Waals surface area contributed by atoms with Crippen molar-refractivity contribution in [2.75, 3.05) is 13.2 Å². The highest BCUT2D eigenvalue weighted by Crippen LogP contribution is 2.00. The molecule has 4 N–H and O–H groups in total. The summed E-state index contributed by atoms with van der Waals surface area (Å²) in [5.41, 5.74) is 0. The average molecular weight is 222 g/mol. The zero-order valence-electron chi connectivity index (χ0n) is 8.56. The molecule has 0 aliphatic rings. The number of hydrogen-bond donors (Lipinski definition) is 4. The first-order chi connectivity index (χ1) is 7.06. The van der Waals surface area contributed by atoms with E-state index in [0.717, 1.165) is 32.1 Å². The Balaban J connectivity index is 0. The quantitative estimate of drug-likeness (QED) is 0.373. The summed E-state index contributed by atoms with van der Waals surface area (Å²) in [5, 5.41) is 31.5. The lowest BCUT2D eigenvalue weighted by atomic mass is 10.2. The number of aliphatic hydroxyl groups is 2. The van der Waals surface area contributed by atoms with Crippen LogP contribution < -0.4 is 0 Å². The lowest BCUT2D eigenvalue weighted by molar-refractivity contribution is -0.159. The predicted molar refractivity (Wildman–Crippen MR) is 52.5 cm³/mol. The minimum Gasteiger partial charge on any atom is -0.473 e. The van der Waals surface area contributed by atoms with Crippen LogP contribution in [0.1, 0.15) is 32.1 Å². The maximum absolute atomic E-state index is 9.10. The number of aliphatic hydroxyl groups excluding tert-OH is 2. The molecule has 0 amide bonds. The van der Waals surface area contributed by atoms with E-state index in [9.17, 15) is 0 Å². The van der Waals surface area contributed by atoms with Crippen LogP contribution in [0.3, 0.4) is 0 Å². The summed E-state index contributed by atoms with van der Waals surface area (Å²) in [6.07, 6.45) is 5.14. The lowest BCUT2D eigenvalue weighted by Gasteiger charge is -1.95. The van der Waals surface area contributed by atoms with E-state index < -0.39 is 11.9 Å². The number of aliphatic carboxylic acids is 2. The van der Waals surface area contributed by atoms with Crippen LogP contribution >= 0.6 is 0 Å². The molecule has 0 aromatic carbocycles. The van der Waals surface area contributed by atoms with E-state index in [0.29, 0.717) is 13.2 Å². The Labute approximate surface area is 88.2 Å². The van der Waals surface area contributed by atoms with Crippen molar-refractivity contribution in [1.82, 2.24) is 0 Å². The Kier molecular flexibility index (Phi) is 14.0. The van der Waals surface area contributed by atoms with Crippen molar-refractivity contribution in [3.8, 4) is 0 Å². The number of carboxylic acids is 2. The first-order valence-electron chi connectivity index (χ1n) is 4.74. The Morgan fingerprint density at radius 3 is 1.13 bits per heavy atom. The van der Waals surface area contributed by atoms with Gasteiger partial charge in [0.2, 0.25) is 0 Å². The van der Waals surface area contributed by atoms with Gasteiger partial charge < -0.3 is 20.4 Å². The maximum atomic E-state index is 9.10. The fourth-order valence-electron chi connectivity index (χ4n) is 0.754. The molecule has 0 spiro atoms.